The summed E-state index contributed by atoms with van der Waals surface area (Å²) >= 11 is 0. The molecule has 0 unspecified atom stereocenters. The number of aryl methyl sites for hydroxylation is 1. The standard InChI is InChI=1S/C61H43NO/c1-3-4-22-50-41(2)37-56(54-25-12-11-23-52(50)54)46-19-15-18-44(38-46)45-29-35-60-57(39-45)58-40-47(30-36-61(58)63-60)51-33-34-59(55-26-14-13-24-53(51)55)62(48-20-9-6-10-21-48)49-31-27-43(28-32-49)42-16-7-5-8-17-42/h3-40H,1H2,2H3/b22-4-. The fraction of sp³-hybridized carbons (Fsp3) is 0.0164. The molecule has 0 saturated heterocycles. The number of hydrogen-bond acceptors (Lipinski definition) is 2. The number of nitrogens with zero attached hydrogens (tertiary/aromatic N) is 1. The van der Waals surface area contributed by atoms with Gasteiger partial charge in [-0.1, -0.05) is 176 Å². The normalized spacial score (nSPS) is 11.6. The van der Waals surface area contributed by atoms with Crippen molar-refractivity contribution in [2.75, 3.05) is 4.90 Å². The van der Waals surface area contributed by atoms with E-state index in [1.54, 1.807) is 0 Å². The average molecular weight is 806 g/mol. The first kappa shape index (κ1) is 37.8. The SMILES string of the molecule is C=C/C=C\c1c(C)cc(-c2cccc(-c3ccc4oc5ccc(-c6ccc(N(c7ccccc7)c7ccc(-c8ccccc8)cc7)c7ccccc67)cc5c4c3)c2)c2ccccc12. The van der Waals surface area contributed by atoms with Crippen LogP contribution >= 0.6 is 0 Å². The third-order valence-corrected chi connectivity index (χ3v) is 12.4. The lowest BCUT2D eigenvalue weighted by atomic mass is 9.90. The Morgan fingerprint density at radius 3 is 1.65 bits per heavy atom. The van der Waals surface area contributed by atoms with Crippen LogP contribution in [0.25, 0.3) is 94.1 Å². The van der Waals surface area contributed by atoms with E-state index in [2.05, 4.69) is 237 Å². The van der Waals surface area contributed by atoms with Crippen LogP contribution in [0.1, 0.15) is 11.1 Å². The minimum Gasteiger partial charge on any atom is -0.456 e. The van der Waals surface area contributed by atoms with Crippen LogP contribution in [0.3, 0.4) is 0 Å². The average Bonchev–Trinajstić information content (AvgIpc) is 3.72. The molecule has 0 fully saturated rings. The van der Waals surface area contributed by atoms with Crippen molar-refractivity contribution < 1.29 is 4.42 Å². The van der Waals surface area contributed by atoms with Crippen LogP contribution in [-0.2, 0) is 0 Å². The molecular weight excluding hydrogens is 763 g/mol. The summed E-state index contributed by atoms with van der Waals surface area (Å²) in [5.74, 6) is 0. The summed E-state index contributed by atoms with van der Waals surface area (Å²) in [6, 6.07) is 76.5. The van der Waals surface area contributed by atoms with Crippen molar-refractivity contribution in [3.63, 3.8) is 0 Å². The summed E-state index contributed by atoms with van der Waals surface area (Å²) in [6.45, 7) is 6.08. The van der Waals surface area contributed by atoms with Crippen LogP contribution < -0.4 is 4.90 Å². The van der Waals surface area contributed by atoms with Gasteiger partial charge in [-0.2, -0.15) is 0 Å². The van der Waals surface area contributed by atoms with Gasteiger partial charge in [-0.25, -0.2) is 0 Å². The van der Waals surface area contributed by atoms with Crippen LogP contribution in [0, 0.1) is 6.92 Å². The van der Waals surface area contributed by atoms with Crippen LogP contribution in [0.2, 0.25) is 0 Å². The Morgan fingerprint density at radius 2 is 0.921 bits per heavy atom. The Bertz CT molecular complexity index is 3520. The summed E-state index contributed by atoms with van der Waals surface area (Å²) in [5.41, 5.74) is 17.0. The smallest absolute Gasteiger partial charge is 0.135 e. The van der Waals surface area contributed by atoms with Gasteiger partial charge in [-0.15, -0.1) is 0 Å². The van der Waals surface area contributed by atoms with Crippen LogP contribution in [-0.4, -0.2) is 0 Å². The Hall–Kier alpha value is -8.20. The van der Waals surface area contributed by atoms with Gasteiger partial charge in [-0.3, -0.25) is 0 Å². The van der Waals surface area contributed by atoms with Gasteiger partial charge < -0.3 is 9.32 Å². The quantitative estimate of drug-likeness (QED) is 0.135. The first-order valence-electron chi connectivity index (χ1n) is 21.5. The zero-order valence-corrected chi connectivity index (χ0v) is 35.0. The largest absolute Gasteiger partial charge is 0.456 e. The first-order valence-corrected chi connectivity index (χ1v) is 21.5. The molecule has 2 heteroatoms. The van der Waals surface area contributed by atoms with Crippen molar-refractivity contribution in [2.24, 2.45) is 0 Å². The van der Waals surface area contributed by atoms with Gasteiger partial charge in [-0.05, 0) is 139 Å². The molecule has 63 heavy (non-hydrogen) atoms. The Kier molecular flexibility index (Phi) is 9.60. The Morgan fingerprint density at radius 1 is 0.397 bits per heavy atom. The number of para-hydroxylation sites is 1. The van der Waals surface area contributed by atoms with Crippen molar-refractivity contribution in [1.82, 2.24) is 0 Å². The molecule has 10 aromatic carbocycles. The van der Waals surface area contributed by atoms with E-state index in [4.69, 9.17) is 4.42 Å². The van der Waals surface area contributed by atoms with E-state index >= 15 is 0 Å². The Balaban J connectivity index is 0.988. The Labute approximate surface area is 368 Å². The lowest BCUT2D eigenvalue weighted by Crippen LogP contribution is -2.10. The fourth-order valence-electron chi connectivity index (χ4n) is 9.32. The molecule has 1 heterocycles. The zero-order chi connectivity index (χ0) is 42.3. The van der Waals surface area contributed by atoms with Crippen molar-refractivity contribution in [3.05, 3.63) is 242 Å². The van der Waals surface area contributed by atoms with Gasteiger partial charge >= 0.3 is 0 Å². The predicted molar refractivity (Wildman–Crippen MR) is 269 cm³/mol. The number of furan rings is 1. The highest BCUT2D eigenvalue weighted by Gasteiger charge is 2.19. The summed E-state index contributed by atoms with van der Waals surface area (Å²) in [5, 5.41) is 7.04. The van der Waals surface area contributed by atoms with Crippen LogP contribution in [0.5, 0.6) is 0 Å². The molecule has 0 aliphatic rings. The van der Waals surface area contributed by atoms with E-state index in [0.29, 0.717) is 0 Å². The van der Waals surface area contributed by atoms with Gasteiger partial charge in [0.1, 0.15) is 11.2 Å². The number of hydrogen-bond donors (Lipinski definition) is 0. The second-order valence-electron chi connectivity index (χ2n) is 16.2. The van der Waals surface area contributed by atoms with Gasteiger partial charge in [0.15, 0.2) is 0 Å². The van der Waals surface area contributed by atoms with Gasteiger partial charge in [0.05, 0.1) is 5.69 Å². The number of rotatable bonds is 9. The van der Waals surface area contributed by atoms with Gasteiger partial charge in [0.25, 0.3) is 0 Å². The topological polar surface area (TPSA) is 16.4 Å². The third-order valence-electron chi connectivity index (χ3n) is 12.4. The van der Waals surface area contributed by atoms with Gasteiger partial charge in [0.2, 0.25) is 0 Å². The number of anilines is 3. The maximum absolute atomic E-state index is 6.48. The molecule has 0 bridgehead atoms. The minimum absolute atomic E-state index is 0.877. The number of fused-ring (bicyclic) bond motifs is 5. The zero-order valence-electron chi connectivity index (χ0n) is 35.0. The predicted octanol–water partition coefficient (Wildman–Crippen LogP) is 17.5. The molecular formula is C61H43NO. The molecule has 11 aromatic rings. The van der Waals surface area contributed by atoms with Crippen molar-refractivity contribution >= 4 is 66.6 Å². The van der Waals surface area contributed by atoms with Crippen LogP contribution in [0.15, 0.2) is 235 Å². The summed E-state index contributed by atoms with van der Waals surface area (Å²) in [4.78, 5) is 2.37. The molecule has 11 rings (SSSR count). The minimum atomic E-state index is 0.877. The fourth-order valence-corrected chi connectivity index (χ4v) is 9.32. The second-order valence-corrected chi connectivity index (χ2v) is 16.2. The molecule has 0 radical (unpaired) electrons. The van der Waals surface area contributed by atoms with Gasteiger partial charge in [0, 0.05) is 27.5 Å². The summed E-state index contributed by atoms with van der Waals surface area (Å²) in [7, 11) is 0. The van der Waals surface area contributed by atoms with E-state index in [1.807, 2.05) is 12.2 Å². The number of allylic oxidation sites excluding steroid dienone is 2. The molecule has 0 aliphatic heterocycles. The van der Waals surface area contributed by atoms with E-state index < -0.39 is 0 Å². The maximum Gasteiger partial charge on any atom is 0.135 e. The van der Waals surface area contributed by atoms with E-state index in [0.717, 1.165) is 55.7 Å². The van der Waals surface area contributed by atoms with E-state index in [9.17, 15) is 0 Å². The summed E-state index contributed by atoms with van der Waals surface area (Å²) in [6.07, 6.45) is 6.00. The molecule has 0 spiro atoms. The van der Waals surface area contributed by atoms with Crippen molar-refractivity contribution in [1.29, 1.82) is 0 Å². The molecule has 1 aromatic heterocycles. The molecule has 0 aliphatic carbocycles. The van der Waals surface area contributed by atoms with E-state index in [-0.39, 0.29) is 0 Å². The lowest BCUT2D eigenvalue weighted by molar-refractivity contribution is 0.669. The third kappa shape index (κ3) is 6.89. The lowest BCUT2D eigenvalue weighted by Gasteiger charge is -2.27. The molecule has 0 atom stereocenters. The highest BCUT2D eigenvalue weighted by atomic mass is 16.3. The van der Waals surface area contributed by atoms with Crippen molar-refractivity contribution in [3.8, 4) is 44.5 Å². The molecule has 0 N–H and O–H groups in total. The molecule has 2 nitrogen and oxygen atoms in total. The molecule has 298 valence electrons. The maximum atomic E-state index is 6.48. The van der Waals surface area contributed by atoms with Crippen LogP contribution in [0.4, 0.5) is 17.1 Å². The molecule has 0 amide bonds. The highest BCUT2D eigenvalue weighted by Crippen LogP contribution is 2.44. The van der Waals surface area contributed by atoms with E-state index in [1.165, 1.54) is 60.5 Å². The monoisotopic (exact) mass is 805 g/mol. The summed E-state index contributed by atoms with van der Waals surface area (Å²) < 4.78 is 6.48. The van der Waals surface area contributed by atoms with Crippen molar-refractivity contribution in [2.45, 2.75) is 6.92 Å². The first-order chi connectivity index (χ1) is 31.1. The molecule has 0 saturated carbocycles. The second kappa shape index (κ2) is 16.0. The number of benzene rings is 10. The highest BCUT2D eigenvalue weighted by molar-refractivity contribution is 6.11.